The number of benzene rings is 1. The van der Waals surface area contributed by atoms with Gasteiger partial charge in [0.05, 0.1) is 6.54 Å². The van der Waals surface area contributed by atoms with Crippen LogP contribution in [-0.4, -0.2) is 66.9 Å². The highest BCUT2D eigenvalue weighted by molar-refractivity contribution is 5.97. The van der Waals surface area contributed by atoms with Crippen LogP contribution in [0, 0.1) is 5.92 Å². The fraction of sp³-hybridized carbons (Fsp3) is 0.667. The Morgan fingerprint density at radius 2 is 1.67 bits per heavy atom. The van der Waals surface area contributed by atoms with Crippen molar-refractivity contribution in [1.82, 2.24) is 15.1 Å². The number of nitrogens with zero attached hydrogens (tertiary/aromatic N) is 2. The van der Waals surface area contributed by atoms with Gasteiger partial charge in [-0.05, 0) is 69.3 Å². The van der Waals surface area contributed by atoms with Crippen LogP contribution in [0.4, 0.5) is 5.69 Å². The Morgan fingerprint density at radius 3 is 2.47 bits per heavy atom. The van der Waals surface area contributed by atoms with E-state index in [-0.39, 0.29) is 11.8 Å². The van der Waals surface area contributed by atoms with E-state index < -0.39 is 0 Å². The molecule has 0 atom stereocenters. The maximum atomic E-state index is 12.6. The van der Waals surface area contributed by atoms with E-state index in [0.717, 1.165) is 51.4 Å². The average molecular weight is 413 g/mol. The second-order valence-corrected chi connectivity index (χ2v) is 9.31. The summed E-state index contributed by atoms with van der Waals surface area (Å²) in [5.41, 5.74) is 1.30. The Kier molecular flexibility index (Phi) is 7.39. The van der Waals surface area contributed by atoms with Gasteiger partial charge in [-0.1, -0.05) is 25.3 Å². The number of hydrogen-bond acceptors (Lipinski definition) is 4. The molecule has 1 saturated heterocycles. The van der Waals surface area contributed by atoms with Crippen LogP contribution in [0.5, 0.6) is 0 Å². The first-order chi connectivity index (χ1) is 14.7. The quantitative estimate of drug-likeness (QED) is 0.722. The summed E-state index contributed by atoms with van der Waals surface area (Å²) in [6.45, 7) is 5.77. The lowest BCUT2D eigenvalue weighted by molar-refractivity contribution is -0.117. The second kappa shape index (κ2) is 10.4. The number of carbonyl (C=O) groups is 2. The molecule has 2 saturated carbocycles. The normalized spacial score (nSPS) is 21.7. The minimum absolute atomic E-state index is 0.00418. The fourth-order valence-electron chi connectivity index (χ4n) is 4.74. The van der Waals surface area contributed by atoms with Crippen molar-refractivity contribution in [2.75, 3.05) is 44.6 Å². The van der Waals surface area contributed by atoms with Crippen LogP contribution >= 0.6 is 0 Å². The minimum Gasteiger partial charge on any atom is -0.349 e. The molecule has 2 N–H and O–H groups in total. The molecule has 30 heavy (non-hydrogen) atoms. The second-order valence-electron chi connectivity index (χ2n) is 9.31. The van der Waals surface area contributed by atoms with Gasteiger partial charge in [-0.25, -0.2) is 0 Å². The summed E-state index contributed by atoms with van der Waals surface area (Å²) >= 11 is 0. The average Bonchev–Trinajstić information content (AvgIpc) is 3.58. The zero-order chi connectivity index (χ0) is 20.8. The van der Waals surface area contributed by atoms with Crippen molar-refractivity contribution in [3.63, 3.8) is 0 Å². The molecule has 6 nitrogen and oxygen atoms in total. The predicted octanol–water partition coefficient (Wildman–Crippen LogP) is 3.11. The molecule has 0 aromatic heterocycles. The molecule has 0 radical (unpaired) electrons. The van der Waals surface area contributed by atoms with E-state index in [0.29, 0.717) is 23.8 Å². The first-order valence-corrected chi connectivity index (χ1v) is 11.8. The molecule has 3 fully saturated rings. The number of nitrogens with one attached hydrogen (secondary N) is 2. The van der Waals surface area contributed by atoms with Gasteiger partial charge in [0, 0.05) is 36.9 Å². The summed E-state index contributed by atoms with van der Waals surface area (Å²) < 4.78 is 0. The van der Waals surface area contributed by atoms with E-state index in [1.807, 2.05) is 12.1 Å². The van der Waals surface area contributed by atoms with Gasteiger partial charge in [-0.15, -0.1) is 0 Å². The Morgan fingerprint density at radius 1 is 0.900 bits per heavy atom. The summed E-state index contributed by atoms with van der Waals surface area (Å²) in [5, 5.41) is 5.97. The lowest BCUT2D eigenvalue weighted by atomic mass is 9.89. The van der Waals surface area contributed by atoms with Crippen LogP contribution in [0.25, 0.3) is 0 Å². The number of amides is 2. The Hall–Kier alpha value is -1.92. The fourth-order valence-corrected chi connectivity index (χ4v) is 4.74. The first kappa shape index (κ1) is 21.3. The van der Waals surface area contributed by atoms with Gasteiger partial charge >= 0.3 is 0 Å². The maximum absolute atomic E-state index is 12.6. The first-order valence-electron chi connectivity index (χ1n) is 11.8. The third kappa shape index (κ3) is 6.54. The molecular weight excluding hydrogens is 376 g/mol. The molecular formula is C24H36N4O2. The van der Waals surface area contributed by atoms with Crippen LogP contribution in [0.1, 0.15) is 61.7 Å². The molecule has 0 unspecified atom stereocenters. The molecule has 4 rings (SSSR count). The highest BCUT2D eigenvalue weighted by Crippen LogP contribution is 2.25. The van der Waals surface area contributed by atoms with E-state index >= 15 is 0 Å². The van der Waals surface area contributed by atoms with Crippen LogP contribution < -0.4 is 10.6 Å². The largest absolute Gasteiger partial charge is 0.349 e. The standard InChI is InChI=1S/C24H36N4O2/c29-23(25-22-9-4-8-20(16-22)24(30)26-21-10-11-21)18-28-13-5-12-27(14-15-28)17-19-6-2-1-3-7-19/h4,8-9,16,19,21H,1-3,5-7,10-15,17-18H2,(H,25,29)(H,26,30). The van der Waals surface area contributed by atoms with E-state index in [9.17, 15) is 9.59 Å². The van der Waals surface area contributed by atoms with E-state index in [1.165, 1.54) is 38.6 Å². The van der Waals surface area contributed by atoms with Crippen molar-refractivity contribution in [2.24, 2.45) is 5.92 Å². The number of rotatable bonds is 7. The third-order valence-corrected chi connectivity index (χ3v) is 6.61. The summed E-state index contributed by atoms with van der Waals surface area (Å²) in [6, 6.07) is 7.57. The molecule has 3 aliphatic rings. The van der Waals surface area contributed by atoms with Gasteiger partial charge in [0.25, 0.3) is 5.91 Å². The highest BCUT2D eigenvalue weighted by Gasteiger charge is 2.24. The smallest absolute Gasteiger partial charge is 0.251 e. The highest BCUT2D eigenvalue weighted by atomic mass is 16.2. The lowest BCUT2D eigenvalue weighted by Gasteiger charge is -2.28. The Bertz CT molecular complexity index is 728. The van der Waals surface area contributed by atoms with Crippen LogP contribution in [0.3, 0.4) is 0 Å². The van der Waals surface area contributed by atoms with Crippen LogP contribution in [0.2, 0.25) is 0 Å². The van der Waals surface area contributed by atoms with Gasteiger partial charge in [0.15, 0.2) is 0 Å². The number of hydrogen-bond donors (Lipinski definition) is 2. The van der Waals surface area contributed by atoms with Crippen molar-refractivity contribution < 1.29 is 9.59 Å². The van der Waals surface area contributed by atoms with Crippen molar-refractivity contribution in [1.29, 1.82) is 0 Å². The molecule has 164 valence electrons. The van der Waals surface area contributed by atoms with E-state index in [1.54, 1.807) is 12.1 Å². The topological polar surface area (TPSA) is 64.7 Å². The Balaban J connectivity index is 1.22. The molecule has 0 spiro atoms. The molecule has 6 heteroatoms. The van der Waals surface area contributed by atoms with Crippen molar-refractivity contribution in [2.45, 2.75) is 57.4 Å². The van der Waals surface area contributed by atoms with Gasteiger partial charge in [-0.3, -0.25) is 14.5 Å². The predicted molar refractivity (Wildman–Crippen MR) is 120 cm³/mol. The molecule has 1 aromatic rings. The number of anilines is 1. The van der Waals surface area contributed by atoms with Crippen molar-refractivity contribution >= 4 is 17.5 Å². The van der Waals surface area contributed by atoms with Gasteiger partial charge in [0.2, 0.25) is 5.91 Å². The minimum atomic E-state index is -0.0563. The maximum Gasteiger partial charge on any atom is 0.251 e. The molecule has 1 aromatic carbocycles. The summed E-state index contributed by atoms with van der Waals surface area (Å²) in [6.07, 6.45) is 10.2. The monoisotopic (exact) mass is 412 g/mol. The molecule has 0 bridgehead atoms. The van der Waals surface area contributed by atoms with E-state index in [2.05, 4.69) is 20.4 Å². The zero-order valence-corrected chi connectivity index (χ0v) is 18.1. The number of carbonyl (C=O) groups excluding carboxylic acids is 2. The Labute approximate surface area is 180 Å². The zero-order valence-electron chi connectivity index (χ0n) is 18.1. The third-order valence-electron chi connectivity index (χ3n) is 6.61. The summed E-state index contributed by atoms with van der Waals surface area (Å²) in [5.74, 6) is 0.813. The van der Waals surface area contributed by atoms with Crippen molar-refractivity contribution in [3.05, 3.63) is 29.8 Å². The summed E-state index contributed by atoms with van der Waals surface area (Å²) in [7, 11) is 0. The SMILES string of the molecule is O=C(CN1CCCN(CC2CCCCC2)CC1)Nc1cccc(C(=O)NC2CC2)c1. The van der Waals surface area contributed by atoms with Crippen LogP contribution in [0.15, 0.2) is 24.3 Å². The van der Waals surface area contributed by atoms with Crippen LogP contribution in [-0.2, 0) is 4.79 Å². The molecule has 1 heterocycles. The lowest BCUT2D eigenvalue weighted by Crippen LogP contribution is -2.37. The van der Waals surface area contributed by atoms with Gasteiger partial charge < -0.3 is 15.5 Å². The van der Waals surface area contributed by atoms with Gasteiger partial charge in [-0.2, -0.15) is 0 Å². The van der Waals surface area contributed by atoms with Gasteiger partial charge in [0.1, 0.15) is 0 Å². The molecule has 2 aliphatic carbocycles. The van der Waals surface area contributed by atoms with E-state index in [4.69, 9.17) is 0 Å². The molecule has 1 aliphatic heterocycles. The molecule has 2 amide bonds. The summed E-state index contributed by atoms with van der Waals surface area (Å²) in [4.78, 5) is 29.7. The van der Waals surface area contributed by atoms with Crippen molar-refractivity contribution in [3.8, 4) is 0 Å².